The van der Waals surface area contributed by atoms with E-state index in [1.165, 1.54) is 0 Å². The van der Waals surface area contributed by atoms with Crippen LogP contribution in [-0.2, 0) is 0 Å². The number of nitrogens with zero attached hydrogens (tertiary/aromatic N) is 3. The van der Waals surface area contributed by atoms with Gasteiger partial charge in [-0.05, 0) is 30.9 Å². The number of alkyl halides is 4. The summed E-state index contributed by atoms with van der Waals surface area (Å²) >= 11 is 0. The van der Waals surface area contributed by atoms with E-state index in [1.54, 1.807) is 6.08 Å². The maximum absolute atomic E-state index is 13.1. The molecule has 1 aromatic rings. The number of halogens is 4. The number of aliphatic hydroxyl groups is 1. The van der Waals surface area contributed by atoms with Crippen molar-refractivity contribution in [3.05, 3.63) is 11.9 Å². The molecule has 1 aromatic heterocycles. The van der Waals surface area contributed by atoms with Crippen molar-refractivity contribution in [3.63, 3.8) is 0 Å². The highest BCUT2D eigenvalue weighted by Crippen LogP contribution is 2.40. The number of hydrogen-bond donors (Lipinski definition) is 3. The van der Waals surface area contributed by atoms with E-state index in [0.717, 1.165) is 12.0 Å². The normalized spacial score (nSPS) is 27.3. The van der Waals surface area contributed by atoms with Gasteiger partial charge in [0.2, 0.25) is 11.9 Å². The summed E-state index contributed by atoms with van der Waals surface area (Å²) in [7, 11) is 0. The van der Waals surface area contributed by atoms with Crippen LogP contribution in [0.2, 0.25) is 0 Å². The molecule has 0 aliphatic heterocycles. The summed E-state index contributed by atoms with van der Waals surface area (Å²) in [5.74, 6) is -4.76. The molecule has 4 rings (SSSR count). The lowest BCUT2D eigenvalue weighted by atomic mass is 9.88. The van der Waals surface area contributed by atoms with Gasteiger partial charge in [0, 0.05) is 37.8 Å². The van der Waals surface area contributed by atoms with E-state index in [0.29, 0.717) is 18.7 Å². The van der Waals surface area contributed by atoms with Gasteiger partial charge in [0.15, 0.2) is 5.82 Å². The first-order valence-corrected chi connectivity index (χ1v) is 9.11. The van der Waals surface area contributed by atoms with Crippen molar-refractivity contribution in [1.29, 1.82) is 0 Å². The van der Waals surface area contributed by atoms with E-state index >= 15 is 0 Å². The van der Waals surface area contributed by atoms with Crippen LogP contribution in [0.25, 0.3) is 5.57 Å². The molecular formula is C17H21F4N5O. The summed E-state index contributed by atoms with van der Waals surface area (Å²) in [6.07, 6.45) is 1.98. The largest absolute Gasteiger partial charge is 0.389 e. The fraction of sp³-hybridized carbons (Fsp3) is 0.706. The predicted molar refractivity (Wildman–Crippen MR) is 90.8 cm³/mol. The molecule has 0 bridgehead atoms. The van der Waals surface area contributed by atoms with Gasteiger partial charge in [-0.2, -0.15) is 15.0 Å². The maximum atomic E-state index is 13.1. The van der Waals surface area contributed by atoms with Crippen molar-refractivity contribution < 1.29 is 22.7 Å². The Hall–Kier alpha value is -1.97. The van der Waals surface area contributed by atoms with Crippen LogP contribution >= 0.6 is 0 Å². The molecule has 0 amide bonds. The van der Waals surface area contributed by atoms with Crippen molar-refractivity contribution in [3.8, 4) is 0 Å². The van der Waals surface area contributed by atoms with Gasteiger partial charge >= 0.3 is 0 Å². The molecular weight excluding hydrogens is 366 g/mol. The highest BCUT2D eigenvalue weighted by Gasteiger charge is 2.46. The zero-order chi connectivity index (χ0) is 19.2. The molecule has 27 heavy (non-hydrogen) atoms. The van der Waals surface area contributed by atoms with Gasteiger partial charge in [-0.1, -0.05) is 0 Å². The third kappa shape index (κ3) is 4.31. The molecule has 1 atom stereocenters. The second kappa shape index (κ2) is 6.57. The Balaban J connectivity index is 1.54. The summed E-state index contributed by atoms with van der Waals surface area (Å²) in [5, 5.41) is 15.6. The molecule has 3 aliphatic rings. The standard InChI is InChI=1S/C17H21F4N5O/c18-16(19)5-10(6-16)22-14-24-13(9-2-1-3-12(27)4-9)25-15(26-14)23-11-7-17(20,21)8-11/h4,10-12,27H,1-3,5-8H2,(H2,22,23,24,25,26). The summed E-state index contributed by atoms with van der Waals surface area (Å²) in [5.41, 5.74) is 0.736. The molecule has 0 saturated heterocycles. The van der Waals surface area contributed by atoms with Crippen LogP contribution in [0.4, 0.5) is 29.5 Å². The quantitative estimate of drug-likeness (QED) is 0.673. The molecule has 0 aromatic carbocycles. The molecule has 3 aliphatic carbocycles. The SMILES string of the molecule is OC1C=C(c2nc(NC3CC(F)(F)C3)nc(NC3CC(F)(F)C3)n2)CCC1. The summed E-state index contributed by atoms with van der Waals surface area (Å²) in [6.45, 7) is 0. The van der Waals surface area contributed by atoms with Crippen molar-refractivity contribution in [2.24, 2.45) is 0 Å². The summed E-state index contributed by atoms with van der Waals surface area (Å²) in [6, 6.07) is -0.885. The average molecular weight is 387 g/mol. The molecule has 10 heteroatoms. The predicted octanol–water partition coefficient (Wildman–Crippen LogP) is 3.22. The number of aromatic nitrogens is 3. The second-order valence-corrected chi connectivity index (χ2v) is 7.67. The molecule has 2 fully saturated rings. The van der Waals surface area contributed by atoms with Crippen LogP contribution in [0, 0.1) is 0 Å². The van der Waals surface area contributed by atoms with Gasteiger partial charge in [0.25, 0.3) is 11.8 Å². The number of hydrogen-bond acceptors (Lipinski definition) is 6. The van der Waals surface area contributed by atoms with Gasteiger partial charge in [0.05, 0.1) is 6.10 Å². The van der Waals surface area contributed by atoms with Crippen molar-refractivity contribution in [2.75, 3.05) is 10.6 Å². The first-order chi connectivity index (χ1) is 12.7. The Bertz CT molecular complexity index is 697. The number of allylic oxidation sites excluding steroid dienone is 1. The fourth-order valence-corrected chi connectivity index (χ4v) is 3.63. The van der Waals surface area contributed by atoms with Gasteiger partial charge < -0.3 is 15.7 Å². The van der Waals surface area contributed by atoms with Crippen LogP contribution in [0.3, 0.4) is 0 Å². The van der Waals surface area contributed by atoms with E-state index < -0.39 is 30.0 Å². The van der Waals surface area contributed by atoms with Crippen LogP contribution < -0.4 is 10.6 Å². The molecule has 3 N–H and O–H groups in total. The Morgan fingerprint density at radius 3 is 1.85 bits per heavy atom. The second-order valence-electron chi connectivity index (χ2n) is 7.67. The molecule has 1 heterocycles. The third-order valence-corrected chi connectivity index (χ3v) is 5.11. The van der Waals surface area contributed by atoms with Gasteiger partial charge in [-0.3, -0.25) is 0 Å². The third-order valence-electron chi connectivity index (χ3n) is 5.11. The number of rotatable bonds is 5. The van der Waals surface area contributed by atoms with Crippen molar-refractivity contribution in [1.82, 2.24) is 15.0 Å². The van der Waals surface area contributed by atoms with E-state index in [-0.39, 0.29) is 37.6 Å². The highest BCUT2D eigenvalue weighted by atomic mass is 19.3. The molecule has 0 spiro atoms. The van der Waals surface area contributed by atoms with Crippen LogP contribution in [0.15, 0.2) is 6.08 Å². The lowest BCUT2D eigenvalue weighted by Crippen LogP contribution is -2.45. The molecule has 6 nitrogen and oxygen atoms in total. The molecule has 148 valence electrons. The van der Waals surface area contributed by atoms with Crippen LogP contribution in [0.1, 0.15) is 50.8 Å². The van der Waals surface area contributed by atoms with Crippen molar-refractivity contribution in [2.45, 2.75) is 75.0 Å². The summed E-state index contributed by atoms with van der Waals surface area (Å²) in [4.78, 5) is 12.8. The first-order valence-electron chi connectivity index (χ1n) is 9.11. The van der Waals surface area contributed by atoms with E-state index in [9.17, 15) is 22.7 Å². The fourth-order valence-electron chi connectivity index (χ4n) is 3.63. The van der Waals surface area contributed by atoms with Crippen LogP contribution in [0.5, 0.6) is 0 Å². The summed E-state index contributed by atoms with van der Waals surface area (Å²) < 4.78 is 52.3. The monoisotopic (exact) mass is 387 g/mol. The Morgan fingerprint density at radius 2 is 1.41 bits per heavy atom. The Kier molecular flexibility index (Phi) is 4.48. The molecule has 1 unspecified atom stereocenters. The minimum atomic E-state index is -2.68. The maximum Gasteiger partial charge on any atom is 0.252 e. The Labute approximate surface area is 153 Å². The zero-order valence-electron chi connectivity index (χ0n) is 14.6. The highest BCUT2D eigenvalue weighted by molar-refractivity contribution is 5.63. The van der Waals surface area contributed by atoms with E-state index in [2.05, 4.69) is 25.6 Å². The molecule has 2 saturated carbocycles. The smallest absolute Gasteiger partial charge is 0.252 e. The van der Waals surface area contributed by atoms with Gasteiger partial charge in [0.1, 0.15) is 0 Å². The number of anilines is 2. The number of aliphatic hydroxyl groups excluding tert-OH is 1. The average Bonchev–Trinajstić information content (AvgIpc) is 2.51. The lowest BCUT2D eigenvalue weighted by molar-refractivity contribution is -0.0799. The topological polar surface area (TPSA) is 83.0 Å². The Morgan fingerprint density at radius 1 is 0.889 bits per heavy atom. The minimum absolute atomic E-state index is 0.134. The lowest BCUT2D eigenvalue weighted by Gasteiger charge is -2.36. The van der Waals surface area contributed by atoms with Crippen molar-refractivity contribution >= 4 is 17.5 Å². The van der Waals surface area contributed by atoms with Gasteiger partial charge in [-0.25, -0.2) is 17.6 Å². The van der Waals surface area contributed by atoms with Gasteiger partial charge in [-0.15, -0.1) is 0 Å². The number of nitrogens with one attached hydrogen (secondary N) is 2. The minimum Gasteiger partial charge on any atom is -0.389 e. The van der Waals surface area contributed by atoms with E-state index in [1.807, 2.05) is 0 Å². The molecule has 0 radical (unpaired) electrons. The first kappa shape index (κ1) is 18.4. The zero-order valence-corrected chi connectivity index (χ0v) is 14.6. The van der Waals surface area contributed by atoms with Crippen LogP contribution in [-0.4, -0.2) is 50.1 Å². The van der Waals surface area contributed by atoms with E-state index in [4.69, 9.17) is 0 Å².